The molecule has 1 aromatic heterocycles. The fraction of sp³-hybridized carbons (Fsp3) is 0.600. The van der Waals surface area contributed by atoms with E-state index in [1.807, 2.05) is 22.6 Å². The molecule has 1 N–H and O–H groups in total. The lowest BCUT2D eigenvalue weighted by Gasteiger charge is -2.26. The summed E-state index contributed by atoms with van der Waals surface area (Å²) in [7, 11) is 0. The van der Waals surface area contributed by atoms with E-state index in [9.17, 15) is 4.79 Å². The third kappa shape index (κ3) is 2.07. The van der Waals surface area contributed by atoms with Crippen molar-refractivity contribution in [2.24, 2.45) is 5.92 Å². The number of nitrogens with zero attached hydrogens (tertiary/aromatic N) is 2. The highest BCUT2D eigenvalue weighted by Gasteiger charge is 2.32. The van der Waals surface area contributed by atoms with Gasteiger partial charge in [0.15, 0.2) is 0 Å². The maximum absolute atomic E-state index is 11.5. The summed E-state index contributed by atoms with van der Waals surface area (Å²) in [6.45, 7) is 3.11. The molecular weight excluding hydrogens is 340 g/mol. The highest BCUT2D eigenvalue weighted by Crippen LogP contribution is 2.30. The van der Waals surface area contributed by atoms with E-state index in [1.165, 1.54) is 6.33 Å². The van der Waals surface area contributed by atoms with E-state index >= 15 is 0 Å². The van der Waals surface area contributed by atoms with E-state index in [-0.39, 0.29) is 11.6 Å². The summed E-state index contributed by atoms with van der Waals surface area (Å²) in [4.78, 5) is 20.5. The number of aromatic nitrogens is 2. The second-order valence-corrected chi connectivity index (χ2v) is 5.44. The van der Waals surface area contributed by atoms with Gasteiger partial charge in [-0.1, -0.05) is 6.92 Å². The van der Waals surface area contributed by atoms with Crippen molar-refractivity contribution >= 4 is 40.0 Å². The van der Waals surface area contributed by atoms with Crippen LogP contribution >= 0.6 is 34.2 Å². The number of anilines is 1. The molecule has 0 amide bonds. The number of rotatable bonds is 2. The van der Waals surface area contributed by atoms with Crippen molar-refractivity contribution in [3.63, 3.8) is 0 Å². The molecule has 2 heterocycles. The lowest BCUT2D eigenvalue weighted by atomic mass is 10.1. The maximum atomic E-state index is 11.5. The summed E-state index contributed by atoms with van der Waals surface area (Å²) in [6.07, 6.45) is 2.55. The van der Waals surface area contributed by atoms with Gasteiger partial charge in [0.05, 0.1) is 6.33 Å². The molecule has 2 unspecified atom stereocenters. The van der Waals surface area contributed by atoms with E-state index in [2.05, 4.69) is 21.8 Å². The van der Waals surface area contributed by atoms with Gasteiger partial charge in [0.2, 0.25) is 0 Å². The molecule has 2 rings (SSSR count). The third-order valence-corrected chi connectivity index (χ3v) is 4.38. The van der Waals surface area contributed by atoms with Crippen molar-refractivity contribution in [1.82, 2.24) is 9.97 Å². The minimum absolute atomic E-state index is 0.0847. The summed E-state index contributed by atoms with van der Waals surface area (Å²) in [6, 6.07) is 0.282. The molecule has 1 fully saturated rings. The molecule has 0 bridgehead atoms. The summed E-state index contributed by atoms with van der Waals surface area (Å²) < 4.78 is 0.643. The van der Waals surface area contributed by atoms with Crippen LogP contribution in [0.25, 0.3) is 0 Å². The first-order valence-electron chi connectivity index (χ1n) is 5.21. The van der Waals surface area contributed by atoms with Crippen LogP contribution in [0.4, 0.5) is 5.82 Å². The number of alkyl halides is 1. The molecule has 0 aromatic carbocycles. The van der Waals surface area contributed by atoms with Gasteiger partial charge in [-0.05, 0) is 34.9 Å². The smallest absolute Gasteiger partial charge is 0.266 e. The van der Waals surface area contributed by atoms with Gasteiger partial charge >= 0.3 is 0 Å². The molecule has 0 radical (unpaired) electrons. The van der Waals surface area contributed by atoms with Crippen LogP contribution in [0.2, 0.25) is 0 Å². The molecule has 2 atom stereocenters. The fourth-order valence-electron chi connectivity index (χ4n) is 2.08. The van der Waals surface area contributed by atoms with Gasteiger partial charge in [-0.3, -0.25) is 4.79 Å². The molecule has 16 heavy (non-hydrogen) atoms. The zero-order valence-corrected chi connectivity index (χ0v) is 11.8. The molecular formula is C10H13ClIN3O. The van der Waals surface area contributed by atoms with Crippen molar-refractivity contribution in [3.8, 4) is 0 Å². The predicted molar refractivity (Wildman–Crippen MR) is 73.2 cm³/mol. The molecule has 1 aliphatic heterocycles. The Morgan fingerprint density at radius 1 is 1.75 bits per heavy atom. The second-order valence-electron chi connectivity index (χ2n) is 4.05. The average molecular weight is 354 g/mol. The first kappa shape index (κ1) is 12.2. The Bertz CT molecular complexity index is 436. The number of nitrogens with one attached hydrogen (secondary N) is 1. The molecule has 4 nitrogen and oxygen atoms in total. The van der Waals surface area contributed by atoms with Crippen molar-refractivity contribution in [1.29, 1.82) is 0 Å². The lowest BCUT2D eigenvalue weighted by molar-refractivity contribution is 0.548. The lowest BCUT2D eigenvalue weighted by Crippen LogP contribution is -2.36. The van der Waals surface area contributed by atoms with E-state index in [1.54, 1.807) is 0 Å². The van der Waals surface area contributed by atoms with Gasteiger partial charge in [0, 0.05) is 18.5 Å². The van der Waals surface area contributed by atoms with Crippen molar-refractivity contribution in [2.75, 3.05) is 17.3 Å². The van der Waals surface area contributed by atoms with E-state index in [0.29, 0.717) is 15.4 Å². The quantitative estimate of drug-likeness (QED) is 0.652. The van der Waals surface area contributed by atoms with Gasteiger partial charge in [-0.15, -0.1) is 11.6 Å². The van der Waals surface area contributed by atoms with Crippen LogP contribution in [0.1, 0.15) is 13.3 Å². The van der Waals surface area contributed by atoms with Crippen LogP contribution in [0.5, 0.6) is 0 Å². The zero-order valence-electron chi connectivity index (χ0n) is 8.91. The Morgan fingerprint density at radius 3 is 3.19 bits per heavy atom. The van der Waals surface area contributed by atoms with Crippen LogP contribution in [0.3, 0.4) is 0 Å². The molecule has 88 valence electrons. The average Bonchev–Trinajstić information content (AvgIpc) is 2.63. The molecule has 1 aliphatic rings. The van der Waals surface area contributed by atoms with Crippen LogP contribution < -0.4 is 10.5 Å². The summed E-state index contributed by atoms with van der Waals surface area (Å²) >= 11 is 8.02. The normalized spacial score (nSPS) is 25.1. The number of hydrogen-bond acceptors (Lipinski definition) is 3. The summed E-state index contributed by atoms with van der Waals surface area (Å²) in [5.74, 6) is 1.89. The largest absolute Gasteiger partial charge is 0.351 e. The Labute approximate surface area is 113 Å². The van der Waals surface area contributed by atoms with E-state index in [0.717, 1.165) is 18.8 Å². The van der Waals surface area contributed by atoms with Crippen LogP contribution in [-0.4, -0.2) is 28.4 Å². The minimum atomic E-state index is -0.0847. The monoisotopic (exact) mass is 353 g/mol. The Kier molecular flexibility index (Phi) is 3.73. The van der Waals surface area contributed by atoms with Crippen molar-refractivity contribution in [3.05, 3.63) is 20.3 Å². The Morgan fingerprint density at radius 2 is 2.50 bits per heavy atom. The van der Waals surface area contributed by atoms with Gasteiger partial charge in [-0.25, -0.2) is 4.98 Å². The van der Waals surface area contributed by atoms with Crippen molar-refractivity contribution in [2.45, 2.75) is 19.4 Å². The number of hydrogen-bond donors (Lipinski definition) is 1. The molecule has 0 saturated carbocycles. The summed E-state index contributed by atoms with van der Waals surface area (Å²) in [5.41, 5.74) is -0.0847. The van der Waals surface area contributed by atoms with Gasteiger partial charge in [-0.2, -0.15) is 0 Å². The van der Waals surface area contributed by atoms with E-state index < -0.39 is 0 Å². The third-order valence-electron chi connectivity index (χ3n) is 3.09. The molecule has 1 aromatic rings. The zero-order chi connectivity index (χ0) is 11.7. The highest BCUT2D eigenvalue weighted by atomic mass is 127. The van der Waals surface area contributed by atoms with Gasteiger partial charge < -0.3 is 9.88 Å². The Balaban J connectivity index is 2.37. The molecule has 6 heteroatoms. The molecule has 0 spiro atoms. The number of aromatic amines is 1. The van der Waals surface area contributed by atoms with Crippen LogP contribution in [0, 0.1) is 9.49 Å². The maximum Gasteiger partial charge on any atom is 0.266 e. The number of H-pyrrole nitrogens is 1. The van der Waals surface area contributed by atoms with Gasteiger partial charge in [0.25, 0.3) is 5.56 Å². The fourth-order valence-corrected chi connectivity index (χ4v) is 3.16. The van der Waals surface area contributed by atoms with Gasteiger partial charge in [0.1, 0.15) is 9.39 Å². The standard InChI is InChI=1S/C10H13ClIN3O/c1-6-2-3-15(7(6)4-11)9-8(12)10(16)14-5-13-9/h5-7H,2-4H2,1H3,(H,13,14,16). The second kappa shape index (κ2) is 4.91. The van der Waals surface area contributed by atoms with Crippen LogP contribution in [0.15, 0.2) is 11.1 Å². The first-order valence-corrected chi connectivity index (χ1v) is 6.82. The topological polar surface area (TPSA) is 49.0 Å². The summed E-state index contributed by atoms with van der Waals surface area (Å²) in [5, 5.41) is 0. The molecule has 0 aliphatic carbocycles. The molecule has 1 saturated heterocycles. The number of halogens is 2. The van der Waals surface area contributed by atoms with E-state index in [4.69, 9.17) is 11.6 Å². The first-order chi connectivity index (χ1) is 7.65. The SMILES string of the molecule is CC1CCN(c2nc[nH]c(=O)c2I)C1CCl. The van der Waals surface area contributed by atoms with Crippen molar-refractivity contribution < 1.29 is 0 Å². The Hall–Kier alpha value is -0.300. The minimum Gasteiger partial charge on any atom is -0.351 e. The predicted octanol–water partition coefficient (Wildman–Crippen LogP) is 1.83. The van der Waals surface area contributed by atoms with Crippen LogP contribution in [-0.2, 0) is 0 Å². The highest BCUT2D eigenvalue weighted by molar-refractivity contribution is 14.1.